The maximum absolute atomic E-state index is 11.4. The van der Waals surface area contributed by atoms with Crippen LogP contribution in [0.4, 0.5) is 0 Å². The molecule has 0 spiro atoms. The molecule has 0 unspecified atom stereocenters. The second-order valence-corrected chi connectivity index (χ2v) is 6.08. The van der Waals surface area contributed by atoms with Gasteiger partial charge in [0.1, 0.15) is 16.4 Å². The highest BCUT2D eigenvalue weighted by Crippen LogP contribution is 2.29. The van der Waals surface area contributed by atoms with Crippen molar-refractivity contribution < 1.29 is 28.6 Å². The van der Waals surface area contributed by atoms with E-state index < -0.39 is 11.9 Å². The van der Waals surface area contributed by atoms with Gasteiger partial charge in [-0.2, -0.15) is 0 Å². The summed E-state index contributed by atoms with van der Waals surface area (Å²) in [5, 5.41) is 25.9. The smallest absolute Gasteiger partial charge is 0.342 e. The van der Waals surface area contributed by atoms with E-state index in [0.29, 0.717) is 23.0 Å². The molecule has 0 bridgehead atoms. The summed E-state index contributed by atoms with van der Waals surface area (Å²) in [5.41, 5.74) is 0.700. The Morgan fingerprint density at radius 2 is 1.92 bits per heavy atom. The van der Waals surface area contributed by atoms with E-state index in [4.69, 9.17) is 13.9 Å². The number of carboxylic acids is 2. The quantitative estimate of drug-likeness (QED) is 0.493. The Morgan fingerprint density at radius 3 is 2.58 bits per heavy atom. The minimum Gasteiger partial charge on any atom is -0.478 e. The van der Waals surface area contributed by atoms with Crippen LogP contribution in [0.1, 0.15) is 22.0 Å². The number of hydrogen-bond donors (Lipinski definition) is 2. The lowest BCUT2D eigenvalue weighted by Gasteiger charge is -1.99. The highest BCUT2D eigenvalue weighted by molar-refractivity contribution is 8.03. The van der Waals surface area contributed by atoms with Gasteiger partial charge in [-0.1, -0.05) is 12.1 Å². The van der Waals surface area contributed by atoms with Gasteiger partial charge in [0.15, 0.2) is 0 Å². The normalized spacial score (nSPS) is 11.5. The van der Waals surface area contributed by atoms with Crippen LogP contribution in [0.25, 0.3) is 17.4 Å². The van der Waals surface area contributed by atoms with Crippen LogP contribution < -0.4 is 0 Å². The van der Waals surface area contributed by atoms with Crippen molar-refractivity contribution in [3.63, 3.8) is 0 Å². The van der Waals surface area contributed by atoms with Crippen LogP contribution in [0.2, 0.25) is 0 Å². The molecule has 132 valence electrons. The average Bonchev–Trinajstić information content (AvgIpc) is 3.23. The maximum atomic E-state index is 11.4. The Bertz CT molecular complexity index is 1000. The minimum absolute atomic E-state index is 0.0613. The van der Waals surface area contributed by atoms with Crippen LogP contribution in [-0.2, 0) is 4.79 Å². The van der Waals surface area contributed by atoms with Crippen molar-refractivity contribution >= 4 is 29.8 Å². The second kappa shape index (κ2) is 7.28. The number of aromatic nitrogens is 2. The molecule has 0 atom stereocenters. The summed E-state index contributed by atoms with van der Waals surface area (Å²) >= 11 is 0.807. The number of carboxylic acid groups (broad SMARTS) is 2. The molecule has 8 nitrogen and oxygen atoms in total. The Hall–Kier alpha value is -3.33. The highest BCUT2D eigenvalue weighted by atomic mass is 32.2. The Labute approximate surface area is 151 Å². The molecule has 0 radical (unpaired) electrons. The van der Waals surface area contributed by atoms with Gasteiger partial charge >= 0.3 is 11.9 Å². The number of carbonyl (C=O) groups is 2. The predicted molar refractivity (Wildman–Crippen MR) is 91.6 cm³/mol. The van der Waals surface area contributed by atoms with Gasteiger partial charge in [0, 0.05) is 18.6 Å². The first-order valence-corrected chi connectivity index (χ1v) is 8.10. The molecule has 2 N–H and O–H groups in total. The molecule has 3 aromatic rings. The summed E-state index contributed by atoms with van der Waals surface area (Å²) < 4.78 is 10.8. The summed E-state index contributed by atoms with van der Waals surface area (Å²) in [6, 6.07) is 9.48. The van der Waals surface area contributed by atoms with Crippen LogP contribution >= 0.6 is 11.8 Å². The Kier molecular flexibility index (Phi) is 4.90. The van der Waals surface area contributed by atoms with Crippen molar-refractivity contribution in [3.05, 3.63) is 58.5 Å². The summed E-state index contributed by atoms with van der Waals surface area (Å²) in [6.45, 7) is 1.60. The number of nitrogens with zero attached hydrogens (tertiary/aromatic N) is 2. The van der Waals surface area contributed by atoms with Crippen molar-refractivity contribution in [2.45, 2.75) is 12.1 Å². The first-order valence-electron chi connectivity index (χ1n) is 7.29. The summed E-state index contributed by atoms with van der Waals surface area (Å²) in [5.74, 6) is -1.17. The number of aromatic carboxylic acids is 1. The zero-order valence-electron chi connectivity index (χ0n) is 13.4. The van der Waals surface area contributed by atoms with Crippen molar-refractivity contribution in [2.24, 2.45) is 0 Å². The molecule has 0 saturated heterocycles. The fraction of sp³-hybridized carbons (Fsp3) is 0.0588. The minimum atomic E-state index is -1.17. The molecule has 0 aliphatic rings. The van der Waals surface area contributed by atoms with E-state index in [1.807, 2.05) is 0 Å². The van der Waals surface area contributed by atoms with Crippen LogP contribution in [0.5, 0.6) is 0 Å². The van der Waals surface area contributed by atoms with Crippen molar-refractivity contribution in [1.29, 1.82) is 0 Å². The molecule has 1 aromatic carbocycles. The van der Waals surface area contributed by atoms with Crippen LogP contribution in [0, 0.1) is 6.92 Å². The molecule has 0 saturated carbocycles. The number of benzene rings is 1. The third-order valence-corrected chi connectivity index (χ3v) is 4.06. The lowest BCUT2D eigenvalue weighted by atomic mass is 10.1. The van der Waals surface area contributed by atoms with E-state index in [2.05, 4.69) is 10.2 Å². The lowest BCUT2D eigenvalue weighted by molar-refractivity contribution is -0.131. The molecule has 26 heavy (non-hydrogen) atoms. The Morgan fingerprint density at radius 1 is 1.12 bits per heavy atom. The fourth-order valence-electron chi connectivity index (χ4n) is 2.07. The highest BCUT2D eigenvalue weighted by Gasteiger charge is 2.16. The maximum Gasteiger partial charge on any atom is 0.342 e. The van der Waals surface area contributed by atoms with Gasteiger partial charge in [-0.05, 0) is 36.0 Å². The summed E-state index contributed by atoms with van der Waals surface area (Å²) in [4.78, 5) is 22.4. The zero-order valence-corrected chi connectivity index (χ0v) is 14.2. The number of thioether (sulfide) groups is 1. The Balaban J connectivity index is 1.87. The lowest BCUT2D eigenvalue weighted by Crippen LogP contribution is -1.96. The molecule has 9 heteroatoms. The molecule has 2 heterocycles. The van der Waals surface area contributed by atoms with Crippen molar-refractivity contribution in [3.8, 4) is 11.3 Å². The summed E-state index contributed by atoms with van der Waals surface area (Å²) in [7, 11) is 0. The van der Waals surface area contributed by atoms with Gasteiger partial charge in [-0.15, -0.1) is 10.2 Å². The molecular weight excluding hydrogens is 360 g/mol. The van der Waals surface area contributed by atoms with E-state index >= 15 is 0 Å². The molecular formula is C17H12N2O6S. The first kappa shape index (κ1) is 17.5. The molecule has 2 aromatic heterocycles. The third kappa shape index (κ3) is 4.01. The van der Waals surface area contributed by atoms with Gasteiger partial charge in [0.05, 0.1) is 5.56 Å². The van der Waals surface area contributed by atoms with Crippen LogP contribution in [0.3, 0.4) is 0 Å². The molecule has 0 fully saturated rings. The number of aryl methyl sites for hydroxylation is 1. The van der Waals surface area contributed by atoms with Gasteiger partial charge in [0.2, 0.25) is 5.89 Å². The average molecular weight is 372 g/mol. The van der Waals surface area contributed by atoms with Gasteiger partial charge < -0.3 is 19.0 Å². The topological polar surface area (TPSA) is 127 Å². The molecule has 0 amide bonds. The zero-order chi connectivity index (χ0) is 18.7. The molecule has 0 aliphatic heterocycles. The van der Waals surface area contributed by atoms with Crippen LogP contribution in [-0.4, -0.2) is 32.3 Å². The predicted octanol–water partition coefficient (Wildman–Crippen LogP) is 3.55. The van der Waals surface area contributed by atoms with Crippen molar-refractivity contribution in [2.75, 3.05) is 0 Å². The number of hydrogen-bond acceptors (Lipinski definition) is 7. The standard InChI is InChI=1S/C17H12N2O6S/c1-9-18-19-17(24-9)26-14(16(22)23)8-12-5-6-13(25-12)10-3-2-4-11(7-10)15(20)21/h2-8H,1H3,(H,20,21)(H,22,23)/b14-8-. The monoisotopic (exact) mass is 372 g/mol. The molecule has 3 rings (SSSR count). The summed E-state index contributed by atoms with van der Waals surface area (Å²) in [6.07, 6.45) is 1.33. The largest absolute Gasteiger partial charge is 0.478 e. The van der Waals surface area contributed by atoms with E-state index in [1.165, 1.54) is 18.2 Å². The van der Waals surface area contributed by atoms with Gasteiger partial charge in [-0.3, -0.25) is 0 Å². The van der Waals surface area contributed by atoms with Gasteiger partial charge in [-0.25, -0.2) is 9.59 Å². The number of rotatable bonds is 6. The molecule has 0 aliphatic carbocycles. The van der Waals surface area contributed by atoms with Crippen LogP contribution in [0.15, 0.2) is 55.4 Å². The van der Waals surface area contributed by atoms with Crippen molar-refractivity contribution in [1.82, 2.24) is 10.2 Å². The third-order valence-electron chi connectivity index (χ3n) is 3.21. The fourth-order valence-corrected chi connectivity index (χ4v) is 2.76. The first-order chi connectivity index (χ1) is 12.4. The second-order valence-electron chi connectivity index (χ2n) is 5.09. The van der Waals surface area contributed by atoms with Gasteiger partial charge in [0.25, 0.3) is 5.22 Å². The number of furan rings is 1. The number of aliphatic carboxylic acids is 1. The SMILES string of the molecule is Cc1nnc(S/C(=C\c2ccc(-c3cccc(C(=O)O)c3)o2)C(=O)O)o1. The van der Waals surface area contributed by atoms with E-state index in [0.717, 1.165) is 11.8 Å². The van der Waals surface area contributed by atoms with E-state index in [9.17, 15) is 14.7 Å². The van der Waals surface area contributed by atoms with E-state index in [-0.39, 0.29) is 15.7 Å². The van der Waals surface area contributed by atoms with E-state index in [1.54, 1.807) is 31.2 Å².